The summed E-state index contributed by atoms with van der Waals surface area (Å²) >= 11 is 0. The van der Waals surface area contributed by atoms with Crippen LogP contribution in [-0.2, 0) is 9.59 Å². The molecule has 0 aromatic heterocycles. The van der Waals surface area contributed by atoms with Crippen LogP contribution in [0.2, 0.25) is 0 Å². The van der Waals surface area contributed by atoms with E-state index in [0.717, 1.165) is 12.8 Å². The molecule has 1 saturated carbocycles. The Morgan fingerprint density at radius 2 is 1.31 bits per heavy atom. The van der Waals surface area contributed by atoms with Crippen LogP contribution in [-0.4, -0.2) is 38.7 Å². The van der Waals surface area contributed by atoms with Crippen LogP contribution in [0, 0.1) is 0 Å². The molecule has 5 nitrogen and oxygen atoms in total. The molecule has 1 saturated heterocycles. The van der Waals surface area contributed by atoms with E-state index in [1.54, 1.807) is 0 Å². The maximum atomic E-state index is 12.1. The van der Waals surface area contributed by atoms with Crippen LogP contribution < -0.4 is 0 Å². The standard InChI is InChI=1S/C11H16N2O3/c1-7(14)12-9(16)13(8(2)15)11(4)6-5-10(11,12)3/h5-6H2,1-4H3. The minimum Gasteiger partial charge on any atom is -0.275 e. The Morgan fingerprint density at radius 1 is 1.00 bits per heavy atom. The van der Waals surface area contributed by atoms with E-state index in [1.807, 2.05) is 13.8 Å². The maximum Gasteiger partial charge on any atom is 0.334 e. The van der Waals surface area contributed by atoms with E-state index in [9.17, 15) is 14.4 Å². The number of carbonyl (C=O) groups excluding carboxylic acids is 3. The molecule has 0 spiro atoms. The summed E-state index contributed by atoms with van der Waals surface area (Å²) < 4.78 is 0. The van der Waals surface area contributed by atoms with Crippen molar-refractivity contribution in [3.05, 3.63) is 0 Å². The smallest absolute Gasteiger partial charge is 0.275 e. The number of amides is 4. The van der Waals surface area contributed by atoms with Crippen LogP contribution in [0.4, 0.5) is 4.79 Å². The first-order chi connectivity index (χ1) is 7.25. The van der Waals surface area contributed by atoms with E-state index >= 15 is 0 Å². The molecule has 1 heterocycles. The zero-order chi connectivity index (χ0) is 12.3. The first-order valence-corrected chi connectivity index (χ1v) is 5.41. The van der Waals surface area contributed by atoms with Gasteiger partial charge < -0.3 is 0 Å². The molecule has 2 unspecified atom stereocenters. The molecule has 1 aliphatic carbocycles. The topological polar surface area (TPSA) is 57.7 Å². The van der Waals surface area contributed by atoms with Crippen molar-refractivity contribution < 1.29 is 14.4 Å². The Balaban J connectivity index is 2.52. The monoisotopic (exact) mass is 224 g/mol. The second-order valence-corrected chi connectivity index (χ2v) is 5.04. The van der Waals surface area contributed by atoms with Crippen LogP contribution in [0.15, 0.2) is 0 Å². The van der Waals surface area contributed by atoms with Gasteiger partial charge >= 0.3 is 6.03 Å². The third-order valence-corrected chi connectivity index (χ3v) is 4.26. The first kappa shape index (κ1) is 11.1. The number of urea groups is 1. The highest BCUT2D eigenvalue weighted by atomic mass is 16.2. The summed E-state index contributed by atoms with van der Waals surface area (Å²) in [5, 5.41) is 0. The number of rotatable bonds is 0. The maximum absolute atomic E-state index is 12.1. The van der Waals surface area contributed by atoms with Crippen molar-refractivity contribution in [1.82, 2.24) is 9.80 Å². The Morgan fingerprint density at radius 3 is 1.44 bits per heavy atom. The lowest BCUT2D eigenvalue weighted by Gasteiger charge is -2.54. The van der Waals surface area contributed by atoms with E-state index in [1.165, 1.54) is 23.6 Å². The molecule has 2 aliphatic rings. The minimum atomic E-state index is -0.526. The molecule has 0 aromatic rings. The molecule has 5 heteroatoms. The lowest BCUT2D eigenvalue weighted by atomic mass is 9.62. The molecule has 2 atom stereocenters. The minimum absolute atomic E-state index is 0.290. The van der Waals surface area contributed by atoms with Gasteiger partial charge in [0.1, 0.15) is 0 Å². The van der Waals surface area contributed by atoms with Crippen LogP contribution in [0.3, 0.4) is 0 Å². The third-order valence-electron chi connectivity index (χ3n) is 4.26. The number of fused-ring (bicyclic) bond motifs is 1. The van der Waals surface area contributed by atoms with E-state index < -0.39 is 17.1 Å². The first-order valence-electron chi connectivity index (χ1n) is 5.41. The molecule has 1 aliphatic heterocycles. The lowest BCUT2D eigenvalue weighted by molar-refractivity contribution is -0.140. The number of carbonyl (C=O) groups is 3. The predicted molar refractivity (Wildman–Crippen MR) is 56.5 cm³/mol. The van der Waals surface area contributed by atoms with Crippen molar-refractivity contribution >= 4 is 17.8 Å². The van der Waals surface area contributed by atoms with Crippen LogP contribution in [0.1, 0.15) is 40.5 Å². The molecule has 4 amide bonds. The zero-order valence-electron chi connectivity index (χ0n) is 10.0. The van der Waals surface area contributed by atoms with Crippen molar-refractivity contribution in [3.63, 3.8) is 0 Å². The predicted octanol–water partition coefficient (Wildman–Crippen LogP) is 1.13. The molecule has 2 fully saturated rings. The van der Waals surface area contributed by atoms with Gasteiger partial charge in [-0.3, -0.25) is 19.4 Å². The summed E-state index contributed by atoms with van der Waals surface area (Å²) in [5.41, 5.74) is -1.05. The Kier molecular flexibility index (Phi) is 1.97. The van der Waals surface area contributed by atoms with Gasteiger partial charge in [-0.15, -0.1) is 0 Å². The van der Waals surface area contributed by atoms with Gasteiger partial charge in [-0.1, -0.05) is 0 Å². The van der Waals surface area contributed by atoms with Gasteiger partial charge in [0.15, 0.2) is 0 Å². The van der Waals surface area contributed by atoms with Crippen LogP contribution >= 0.6 is 0 Å². The molecular weight excluding hydrogens is 208 g/mol. The second-order valence-electron chi connectivity index (χ2n) is 5.04. The van der Waals surface area contributed by atoms with Crippen LogP contribution in [0.5, 0.6) is 0 Å². The van der Waals surface area contributed by atoms with Gasteiger partial charge in [-0.05, 0) is 26.7 Å². The lowest BCUT2D eigenvalue weighted by Crippen LogP contribution is -2.67. The van der Waals surface area contributed by atoms with Crippen molar-refractivity contribution in [1.29, 1.82) is 0 Å². The summed E-state index contributed by atoms with van der Waals surface area (Å²) in [6, 6.07) is -0.470. The van der Waals surface area contributed by atoms with Crippen LogP contribution in [0.25, 0.3) is 0 Å². The fraction of sp³-hybridized carbons (Fsp3) is 0.727. The van der Waals surface area contributed by atoms with Gasteiger partial charge in [-0.2, -0.15) is 0 Å². The molecule has 0 bridgehead atoms. The number of hydrogen-bond acceptors (Lipinski definition) is 3. The summed E-state index contributed by atoms with van der Waals surface area (Å²) in [7, 11) is 0. The summed E-state index contributed by atoms with van der Waals surface area (Å²) in [5.74, 6) is -0.579. The summed E-state index contributed by atoms with van der Waals surface area (Å²) in [6.07, 6.45) is 1.52. The normalized spacial score (nSPS) is 37.1. The fourth-order valence-electron chi connectivity index (χ4n) is 3.04. The Hall–Kier alpha value is -1.39. The molecular formula is C11H16N2O3. The summed E-state index contributed by atoms with van der Waals surface area (Å²) in [4.78, 5) is 37.6. The van der Waals surface area contributed by atoms with Gasteiger partial charge in [0.05, 0.1) is 11.1 Å². The van der Waals surface area contributed by atoms with Gasteiger partial charge in [0.2, 0.25) is 11.8 Å². The molecule has 16 heavy (non-hydrogen) atoms. The van der Waals surface area contributed by atoms with E-state index in [2.05, 4.69) is 0 Å². The van der Waals surface area contributed by atoms with Gasteiger partial charge in [0.25, 0.3) is 0 Å². The van der Waals surface area contributed by atoms with Gasteiger partial charge in [-0.25, -0.2) is 4.79 Å². The van der Waals surface area contributed by atoms with E-state index in [4.69, 9.17) is 0 Å². The highest BCUT2D eigenvalue weighted by Gasteiger charge is 2.70. The van der Waals surface area contributed by atoms with Crippen molar-refractivity contribution in [2.75, 3.05) is 0 Å². The van der Waals surface area contributed by atoms with E-state index in [-0.39, 0.29) is 11.8 Å². The molecule has 2 rings (SSSR count). The number of hydrogen-bond donors (Lipinski definition) is 0. The highest BCUT2D eigenvalue weighted by Crippen LogP contribution is 2.55. The highest BCUT2D eigenvalue weighted by molar-refractivity contribution is 6.05. The summed E-state index contributed by atoms with van der Waals surface area (Å²) in [6.45, 7) is 6.48. The van der Waals surface area contributed by atoms with E-state index in [0.29, 0.717) is 0 Å². The SMILES string of the molecule is CC(=O)N1C(=O)N(C(C)=O)C2(C)CCC12C. The zero-order valence-corrected chi connectivity index (χ0v) is 10.0. The fourth-order valence-corrected chi connectivity index (χ4v) is 3.04. The quantitative estimate of drug-likeness (QED) is 0.619. The van der Waals surface area contributed by atoms with Gasteiger partial charge in [0, 0.05) is 13.8 Å². The third kappa shape index (κ3) is 0.936. The number of nitrogens with zero attached hydrogens (tertiary/aromatic N) is 2. The Bertz CT molecular complexity index is 370. The molecule has 0 aromatic carbocycles. The average molecular weight is 224 g/mol. The van der Waals surface area contributed by atoms with Crippen molar-refractivity contribution in [3.8, 4) is 0 Å². The second kappa shape index (κ2) is 2.84. The average Bonchev–Trinajstić information content (AvgIpc) is 2.24. The Labute approximate surface area is 94.4 Å². The largest absolute Gasteiger partial charge is 0.334 e. The molecule has 0 radical (unpaired) electrons. The molecule has 0 N–H and O–H groups in total. The van der Waals surface area contributed by atoms with Crippen molar-refractivity contribution in [2.24, 2.45) is 0 Å². The number of imide groups is 2. The molecule has 88 valence electrons. The van der Waals surface area contributed by atoms with Crippen molar-refractivity contribution in [2.45, 2.75) is 51.6 Å².